The number of nitrogens with zero attached hydrogens (tertiary/aromatic N) is 3. The number of aliphatic hydroxyl groups is 1. The SMILES string of the molecule is CN(CC1CCCCC1O)C(=O)Nc1nc(-c2cccnc2)cs1. The van der Waals surface area contributed by atoms with E-state index in [4.69, 9.17) is 0 Å². The van der Waals surface area contributed by atoms with E-state index in [0.29, 0.717) is 11.7 Å². The third kappa shape index (κ3) is 4.10. The van der Waals surface area contributed by atoms with Gasteiger partial charge in [-0.25, -0.2) is 9.78 Å². The van der Waals surface area contributed by atoms with Crippen LogP contribution >= 0.6 is 11.3 Å². The molecule has 2 unspecified atom stereocenters. The Bertz CT molecular complexity index is 676. The third-order valence-corrected chi connectivity index (χ3v) is 5.16. The fourth-order valence-corrected chi connectivity index (χ4v) is 3.71. The Morgan fingerprint density at radius 2 is 2.29 bits per heavy atom. The van der Waals surface area contributed by atoms with Crippen LogP contribution in [0.2, 0.25) is 0 Å². The zero-order chi connectivity index (χ0) is 16.9. The average Bonchev–Trinajstić information content (AvgIpc) is 3.06. The van der Waals surface area contributed by atoms with Gasteiger partial charge in [-0.1, -0.05) is 12.8 Å². The van der Waals surface area contributed by atoms with Gasteiger partial charge in [0, 0.05) is 42.8 Å². The summed E-state index contributed by atoms with van der Waals surface area (Å²) in [5, 5.41) is 15.3. The van der Waals surface area contributed by atoms with Crippen molar-refractivity contribution in [1.82, 2.24) is 14.9 Å². The minimum Gasteiger partial charge on any atom is -0.393 e. The first-order valence-corrected chi connectivity index (χ1v) is 9.07. The number of nitrogens with one attached hydrogen (secondary N) is 1. The number of carbonyl (C=O) groups excluding carboxylic acids is 1. The monoisotopic (exact) mass is 346 g/mol. The number of hydrogen-bond donors (Lipinski definition) is 2. The lowest BCUT2D eigenvalue weighted by molar-refractivity contribution is 0.0575. The van der Waals surface area contributed by atoms with Gasteiger partial charge >= 0.3 is 6.03 Å². The van der Waals surface area contributed by atoms with E-state index in [0.717, 1.165) is 36.9 Å². The largest absolute Gasteiger partial charge is 0.393 e. The van der Waals surface area contributed by atoms with Gasteiger partial charge in [-0.15, -0.1) is 11.3 Å². The van der Waals surface area contributed by atoms with Gasteiger partial charge in [-0.2, -0.15) is 0 Å². The van der Waals surface area contributed by atoms with Crippen LogP contribution in [0.5, 0.6) is 0 Å². The molecule has 6 nitrogen and oxygen atoms in total. The summed E-state index contributed by atoms with van der Waals surface area (Å²) in [6, 6.07) is 3.60. The van der Waals surface area contributed by atoms with Crippen molar-refractivity contribution in [2.45, 2.75) is 31.8 Å². The molecule has 1 fully saturated rings. The lowest BCUT2D eigenvalue weighted by atomic mass is 9.86. The Labute approximate surface area is 145 Å². The number of amides is 2. The number of hydrogen-bond acceptors (Lipinski definition) is 5. The fourth-order valence-electron chi connectivity index (χ4n) is 3.00. The van der Waals surface area contributed by atoms with Crippen molar-refractivity contribution < 1.29 is 9.90 Å². The van der Waals surface area contributed by atoms with Crippen molar-refractivity contribution in [1.29, 1.82) is 0 Å². The molecule has 0 spiro atoms. The summed E-state index contributed by atoms with van der Waals surface area (Å²) in [7, 11) is 1.76. The van der Waals surface area contributed by atoms with E-state index < -0.39 is 0 Å². The zero-order valence-electron chi connectivity index (χ0n) is 13.7. The second-order valence-electron chi connectivity index (χ2n) is 6.20. The minimum atomic E-state index is -0.300. The molecule has 0 aromatic carbocycles. The number of rotatable bonds is 4. The first-order chi connectivity index (χ1) is 11.6. The van der Waals surface area contributed by atoms with Gasteiger partial charge in [0.15, 0.2) is 5.13 Å². The van der Waals surface area contributed by atoms with Gasteiger partial charge in [-0.3, -0.25) is 10.3 Å². The Balaban J connectivity index is 1.57. The summed E-state index contributed by atoms with van der Waals surface area (Å²) in [6.07, 6.45) is 7.17. The zero-order valence-corrected chi connectivity index (χ0v) is 14.5. The molecule has 0 aliphatic heterocycles. The Morgan fingerprint density at radius 1 is 1.46 bits per heavy atom. The van der Waals surface area contributed by atoms with Gasteiger partial charge in [0.25, 0.3) is 0 Å². The van der Waals surface area contributed by atoms with Crippen LogP contribution in [0.3, 0.4) is 0 Å². The molecule has 128 valence electrons. The molecule has 2 aromatic rings. The number of pyridine rings is 1. The smallest absolute Gasteiger partial charge is 0.323 e. The van der Waals surface area contributed by atoms with E-state index in [2.05, 4.69) is 15.3 Å². The highest BCUT2D eigenvalue weighted by Gasteiger charge is 2.25. The summed E-state index contributed by atoms with van der Waals surface area (Å²) < 4.78 is 0. The lowest BCUT2D eigenvalue weighted by Crippen LogP contribution is -2.40. The van der Waals surface area contributed by atoms with E-state index >= 15 is 0 Å². The normalized spacial score (nSPS) is 20.6. The van der Waals surface area contributed by atoms with Crippen molar-refractivity contribution in [3.8, 4) is 11.3 Å². The number of aliphatic hydroxyl groups excluding tert-OH is 1. The maximum atomic E-state index is 12.3. The first kappa shape index (κ1) is 16.9. The van der Waals surface area contributed by atoms with Gasteiger partial charge < -0.3 is 10.0 Å². The predicted molar refractivity (Wildman–Crippen MR) is 95.0 cm³/mol. The van der Waals surface area contributed by atoms with Gasteiger partial charge in [0.1, 0.15) is 0 Å². The molecule has 2 atom stereocenters. The lowest BCUT2D eigenvalue weighted by Gasteiger charge is -2.31. The summed E-state index contributed by atoms with van der Waals surface area (Å²) in [5.74, 6) is 0.164. The Morgan fingerprint density at radius 3 is 3.04 bits per heavy atom. The summed E-state index contributed by atoms with van der Waals surface area (Å²) in [6.45, 7) is 0.563. The van der Waals surface area contributed by atoms with E-state index in [1.54, 1.807) is 24.3 Å². The first-order valence-electron chi connectivity index (χ1n) is 8.19. The standard InChI is InChI=1S/C17H22N4O2S/c1-21(10-13-5-2-3-7-15(13)22)17(23)20-16-19-14(11-24-16)12-6-4-8-18-9-12/h4,6,8-9,11,13,15,22H,2-3,5,7,10H2,1H3,(H,19,20,23). The number of urea groups is 1. The maximum absolute atomic E-state index is 12.3. The Hall–Kier alpha value is -1.99. The fraction of sp³-hybridized carbons (Fsp3) is 0.471. The molecule has 7 heteroatoms. The van der Waals surface area contributed by atoms with Crippen molar-refractivity contribution in [3.05, 3.63) is 29.9 Å². The number of thiazole rings is 1. The summed E-state index contributed by atoms with van der Waals surface area (Å²) >= 11 is 1.39. The van der Waals surface area contributed by atoms with E-state index in [1.165, 1.54) is 11.3 Å². The quantitative estimate of drug-likeness (QED) is 0.891. The van der Waals surface area contributed by atoms with Crippen LogP contribution in [0.15, 0.2) is 29.9 Å². The molecule has 1 aliphatic carbocycles. The topological polar surface area (TPSA) is 78.4 Å². The van der Waals surface area contributed by atoms with Crippen molar-refractivity contribution in [2.75, 3.05) is 18.9 Å². The predicted octanol–water partition coefficient (Wildman–Crippen LogP) is 3.22. The highest BCUT2D eigenvalue weighted by Crippen LogP contribution is 2.26. The van der Waals surface area contributed by atoms with E-state index in [1.807, 2.05) is 17.5 Å². The highest BCUT2D eigenvalue weighted by atomic mass is 32.1. The van der Waals surface area contributed by atoms with Crippen molar-refractivity contribution in [3.63, 3.8) is 0 Å². The molecule has 0 bridgehead atoms. The molecule has 2 N–H and O–H groups in total. The molecule has 0 radical (unpaired) electrons. The Kier molecular flexibility index (Phi) is 5.42. The maximum Gasteiger partial charge on any atom is 0.323 e. The van der Waals surface area contributed by atoms with Gasteiger partial charge in [0.05, 0.1) is 11.8 Å². The van der Waals surface area contributed by atoms with Crippen LogP contribution < -0.4 is 5.32 Å². The number of aromatic nitrogens is 2. The minimum absolute atomic E-state index is 0.164. The summed E-state index contributed by atoms with van der Waals surface area (Å²) in [4.78, 5) is 22.5. The molecule has 2 heterocycles. The van der Waals surface area contributed by atoms with Gasteiger partial charge in [-0.05, 0) is 25.0 Å². The van der Waals surface area contributed by atoms with Gasteiger partial charge in [0.2, 0.25) is 0 Å². The molecule has 2 aromatic heterocycles. The molecule has 1 saturated carbocycles. The van der Waals surface area contributed by atoms with Crippen LogP contribution in [0, 0.1) is 5.92 Å². The third-order valence-electron chi connectivity index (χ3n) is 4.40. The highest BCUT2D eigenvalue weighted by molar-refractivity contribution is 7.14. The van der Waals surface area contributed by atoms with Crippen LogP contribution in [0.1, 0.15) is 25.7 Å². The molecule has 0 saturated heterocycles. The molecule has 2 amide bonds. The molecular formula is C17H22N4O2S. The van der Waals surface area contributed by atoms with Crippen LogP contribution in [-0.2, 0) is 0 Å². The molecule has 1 aliphatic rings. The number of carbonyl (C=O) groups is 1. The van der Waals surface area contributed by atoms with E-state index in [9.17, 15) is 9.90 Å². The molecule has 24 heavy (non-hydrogen) atoms. The van der Waals surface area contributed by atoms with Crippen molar-refractivity contribution in [2.24, 2.45) is 5.92 Å². The summed E-state index contributed by atoms with van der Waals surface area (Å²) in [5.41, 5.74) is 1.72. The second kappa shape index (κ2) is 7.72. The van der Waals surface area contributed by atoms with Crippen LogP contribution in [0.25, 0.3) is 11.3 Å². The van der Waals surface area contributed by atoms with Crippen LogP contribution in [-0.4, -0.2) is 45.7 Å². The second-order valence-corrected chi connectivity index (χ2v) is 7.06. The number of anilines is 1. The molecular weight excluding hydrogens is 324 g/mol. The van der Waals surface area contributed by atoms with Crippen LogP contribution in [0.4, 0.5) is 9.93 Å². The average molecular weight is 346 g/mol. The van der Waals surface area contributed by atoms with E-state index in [-0.39, 0.29) is 18.1 Å². The van der Waals surface area contributed by atoms with Crippen molar-refractivity contribution >= 4 is 22.5 Å². The molecule has 3 rings (SSSR count).